The fraction of sp³-hybridized carbons (Fsp3) is 0.333. The highest BCUT2D eigenvalue weighted by Gasteiger charge is 2.45. The van der Waals surface area contributed by atoms with Crippen molar-refractivity contribution in [3.05, 3.63) is 103 Å². The van der Waals surface area contributed by atoms with E-state index in [4.69, 9.17) is 52.1 Å². The van der Waals surface area contributed by atoms with Crippen LogP contribution in [0.3, 0.4) is 0 Å². The van der Waals surface area contributed by atoms with Crippen molar-refractivity contribution in [3.8, 4) is 0 Å². The Hall–Kier alpha value is -2.34. The molecule has 2 unspecified atom stereocenters. The highest BCUT2D eigenvalue weighted by atomic mass is 35.5. The molecule has 2 aliphatic rings. The Bertz CT molecular complexity index is 1360. The first-order valence-electron chi connectivity index (χ1n) is 13.8. The first-order chi connectivity index (χ1) is 19.6. The van der Waals surface area contributed by atoms with Crippen LogP contribution in [0.5, 0.6) is 0 Å². The maximum Gasteiger partial charge on any atom is 0.240 e. The number of hydrogen-bond acceptors (Lipinski definition) is 3. The molecule has 2 aromatic rings. The van der Waals surface area contributed by atoms with Gasteiger partial charge in [-0.1, -0.05) is 102 Å². The number of halogens is 4. The number of piperidine rings is 1. The second-order valence-electron chi connectivity index (χ2n) is 10.6. The largest absolute Gasteiger partial charge is 0.327 e. The van der Waals surface area contributed by atoms with Gasteiger partial charge in [0.2, 0.25) is 5.91 Å². The van der Waals surface area contributed by atoms with E-state index >= 15 is 0 Å². The molecule has 2 saturated heterocycles. The Morgan fingerprint density at radius 1 is 0.902 bits per heavy atom. The fourth-order valence-electron chi connectivity index (χ4n) is 5.58. The maximum atomic E-state index is 14.3. The third-order valence-corrected chi connectivity index (χ3v) is 9.07. The van der Waals surface area contributed by atoms with E-state index in [1.807, 2.05) is 61.3 Å². The van der Waals surface area contributed by atoms with Crippen LogP contribution in [-0.2, 0) is 9.59 Å². The molecule has 216 valence electrons. The lowest BCUT2D eigenvalue weighted by Gasteiger charge is -2.46. The third kappa shape index (κ3) is 7.55. The molecule has 4 nitrogen and oxygen atoms in total. The zero-order valence-corrected chi connectivity index (χ0v) is 26.2. The first kappa shape index (κ1) is 31.6. The number of rotatable bonds is 6. The number of carbonyl (C=O) groups excluding carboxylic acids is 2. The van der Waals surface area contributed by atoms with Gasteiger partial charge in [0.1, 0.15) is 0 Å². The molecule has 2 heterocycles. The van der Waals surface area contributed by atoms with Gasteiger partial charge in [0, 0.05) is 11.1 Å². The molecule has 8 heteroatoms. The lowest BCUT2D eigenvalue weighted by Crippen LogP contribution is -2.59. The van der Waals surface area contributed by atoms with Crippen molar-refractivity contribution in [1.82, 2.24) is 4.90 Å². The van der Waals surface area contributed by atoms with Crippen molar-refractivity contribution in [1.29, 1.82) is 0 Å². The smallest absolute Gasteiger partial charge is 0.240 e. The number of Topliss-reactive ketones (excluding diaryl/α,β-unsaturated/α-hetero) is 1. The summed E-state index contributed by atoms with van der Waals surface area (Å²) >= 11 is 25.0. The van der Waals surface area contributed by atoms with Crippen LogP contribution in [0.2, 0.25) is 20.1 Å². The number of nitrogens with two attached hydrogens (primary N) is 1. The van der Waals surface area contributed by atoms with Crippen LogP contribution < -0.4 is 5.73 Å². The summed E-state index contributed by atoms with van der Waals surface area (Å²) in [5, 5.41) is 1.65. The second-order valence-corrected chi connectivity index (χ2v) is 12.3. The summed E-state index contributed by atoms with van der Waals surface area (Å²) in [5.41, 5.74) is 10.1. The number of hydrogen-bond donors (Lipinski definition) is 1. The quantitative estimate of drug-likeness (QED) is 0.255. The van der Waals surface area contributed by atoms with E-state index in [-0.39, 0.29) is 11.7 Å². The fourth-order valence-corrected chi connectivity index (χ4v) is 6.19. The highest BCUT2D eigenvalue weighted by molar-refractivity contribution is 6.42. The molecule has 0 aromatic heterocycles. The number of fused-ring (bicyclic) bond motifs is 2. The SMILES string of the molecule is C/C=C\C=C(/C)C[C@H](N)C(=O)N1C2CCCCCC1/C(=C\c1ccc(Cl)c(Cl)c1)C(=O)/C2=C/c1ccc(Cl)c(Cl)c1. The Balaban J connectivity index is 1.87. The lowest BCUT2D eigenvalue weighted by molar-refractivity contribution is -0.138. The maximum absolute atomic E-state index is 14.3. The van der Waals surface area contributed by atoms with Crippen LogP contribution in [0, 0.1) is 0 Å². The zero-order valence-electron chi connectivity index (χ0n) is 23.2. The lowest BCUT2D eigenvalue weighted by atomic mass is 9.77. The molecule has 2 fully saturated rings. The minimum absolute atomic E-state index is 0.0965. The molecule has 41 heavy (non-hydrogen) atoms. The zero-order chi connectivity index (χ0) is 29.7. The molecule has 2 aromatic carbocycles. The van der Waals surface area contributed by atoms with Crippen molar-refractivity contribution in [2.75, 3.05) is 0 Å². The summed E-state index contributed by atoms with van der Waals surface area (Å²) < 4.78 is 0. The van der Waals surface area contributed by atoms with Gasteiger partial charge >= 0.3 is 0 Å². The number of amides is 1. The van der Waals surface area contributed by atoms with Crippen LogP contribution in [0.4, 0.5) is 0 Å². The topological polar surface area (TPSA) is 63.4 Å². The average molecular weight is 632 g/mol. The van der Waals surface area contributed by atoms with Gasteiger partial charge in [0.25, 0.3) is 0 Å². The highest BCUT2D eigenvalue weighted by Crippen LogP contribution is 2.39. The van der Waals surface area contributed by atoms with Crippen molar-refractivity contribution >= 4 is 70.2 Å². The van der Waals surface area contributed by atoms with Crippen LogP contribution in [0.25, 0.3) is 12.2 Å². The van der Waals surface area contributed by atoms with Gasteiger partial charge < -0.3 is 10.6 Å². The summed E-state index contributed by atoms with van der Waals surface area (Å²) in [7, 11) is 0. The van der Waals surface area contributed by atoms with Gasteiger partial charge in [-0.3, -0.25) is 9.59 Å². The number of carbonyl (C=O) groups is 2. The Labute approximate surface area is 262 Å². The normalized spacial score (nSPS) is 22.8. The molecular weight excluding hydrogens is 598 g/mol. The molecular formula is C33H34Cl4N2O2. The van der Waals surface area contributed by atoms with E-state index < -0.39 is 18.1 Å². The molecule has 0 radical (unpaired) electrons. The standard InChI is InChI=1S/C33H34Cl4N2O2/c1-3-4-8-20(2)15-29(38)33(41)39-30-9-6-5-7-10-31(39)24(17-22-12-14-26(35)28(37)19-22)32(40)23(30)16-21-11-13-25(34)27(36)18-21/h3-4,8,11-14,16-19,29-31H,5-7,9-10,15,38H2,1-2H3/b4-3-,20-8+,23-16+,24-17+/t29-,30?,31?/m0/s1. The Morgan fingerprint density at radius 3 is 1.88 bits per heavy atom. The summed E-state index contributed by atoms with van der Waals surface area (Å²) in [5.74, 6) is -0.261. The third-order valence-electron chi connectivity index (χ3n) is 7.59. The minimum Gasteiger partial charge on any atom is -0.327 e. The predicted octanol–water partition coefficient (Wildman–Crippen LogP) is 9.12. The van der Waals surface area contributed by atoms with Crippen LogP contribution in [-0.4, -0.2) is 34.7 Å². The van der Waals surface area contributed by atoms with E-state index in [2.05, 4.69) is 0 Å². The summed E-state index contributed by atoms with van der Waals surface area (Å²) in [6, 6.07) is 8.94. The molecule has 0 spiro atoms. The van der Waals surface area contributed by atoms with E-state index in [9.17, 15) is 9.59 Å². The van der Waals surface area contributed by atoms with Crippen molar-refractivity contribution in [2.45, 2.75) is 70.5 Å². The predicted molar refractivity (Wildman–Crippen MR) is 173 cm³/mol. The van der Waals surface area contributed by atoms with Gasteiger partial charge in [-0.25, -0.2) is 0 Å². The second kappa shape index (κ2) is 14.2. The van der Waals surface area contributed by atoms with Gasteiger partial charge in [-0.15, -0.1) is 0 Å². The summed E-state index contributed by atoms with van der Waals surface area (Å²) in [4.78, 5) is 30.4. The molecule has 0 saturated carbocycles. The van der Waals surface area contributed by atoms with Crippen LogP contribution in [0.15, 0.2) is 71.3 Å². The summed E-state index contributed by atoms with van der Waals surface area (Å²) in [6.45, 7) is 3.91. The van der Waals surface area contributed by atoms with E-state index in [1.165, 1.54) is 0 Å². The van der Waals surface area contributed by atoms with E-state index in [0.29, 0.717) is 50.5 Å². The number of benzene rings is 2. The van der Waals surface area contributed by atoms with Crippen LogP contribution >= 0.6 is 46.4 Å². The minimum atomic E-state index is -0.744. The molecule has 4 rings (SSSR count). The molecule has 2 bridgehead atoms. The molecule has 3 atom stereocenters. The molecule has 1 amide bonds. The Kier molecular flexibility index (Phi) is 11.0. The summed E-state index contributed by atoms with van der Waals surface area (Å²) in [6.07, 6.45) is 14.1. The molecule has 2 aliphatic heterocycles. The first-order valence-corrected chi connectivity index (χ1v) is 15.4. The van der Waals surface area contributed by atoms with Gasteiger partial charge in [0.15, 0.2) is 5.78 Å². The van der Waals surface area contributed by atoms with Gasteiger partial charge in [-0.2, -0.15) is 0 Å². The number of ketones is 1. The van der Waals surface area contributed by atoms with Gasteiger partial charge in [-0.05, 0) is 80.7 Å². The molecule has 2 N–H and O–H groups in total. The number of nitrogens with zero attached hydrogens (tertiary/aromatic N) is 1. The van der Waals surface area contributed by atoms with Crippen molar-refractivity contribution in [3.63, 3.8) is 0 Å². The average Bonchev–Trinajstić information content (AvgIpc) is 2.92. The monoisotopic (exact) mass is 630 g/mol. The Morgan fingerprint density at radius 2 is 1.41 bits per heavy atom. The molecule has 0 aliphatic carbocycles. The van der Waals surface area contributed by atoms with E-state index in [1.54, 1.807) is 24.3 Å². The number of allylic oxidation sites excluding steroid dienone is 3. The van der Waals surface area contributed by atoms with Crippen LogP contribution in [0.1, 0.15) is 63.5 Å². The van der Waals surface area contributed by atoms with Crippen molar-refractivity contribution < 1.29 is 9.59 Å². The van der Waals surface area contributed by atoms with Crippen molar-refractivity contribution in [2.24, 2.45) is 5.73 Å². The van der Waals surface area contributed by atoms with Gasteiger partial charge in [0.05, 0.1) is 38.2 Å². The van der Waals surface area contributed by atoms with E-state index in [0.717, 1.165) is 36.0 Å².